The first-order valence-corrected chi connectivity index (χ1v) is 9.19. The maximum atomic E-state index is 11.6. The second kappa shape index (κ2) is 7.15. The summed E-state index contributed by atoms with van der Waals surface area (Å²) in [6, 6.07) is 17.2. The van der Waals surface area contributed by atoms with E-state index in [1.807, 2.05) is 12.1 Å². The summed E-state index contributed by atoms with van der Waals surface area (Å²) >= 11 is 0. The SMILES string of the molecule is CC(=O)c1ccc(C(CC(C)(C)C)c2ccc(C(C)(C)C)cc2)cc1. The van der Waals surface area contributed by atoms with Crippen molar-refractivity contribution < 1.29 is 4.79 Å². The van der Waals surface area contributed by atoms with E-state index in [0.717, 1.165) is 12.0 Å². The van der Waals surface area contributed by atoms with Crippen LogP contribution in [0.15, 0.2) is 48.5 Å². The second-order valence-corrected chi connectivity index (χ2v) is 9.37. The fourth-order valence-electron chi connectivity index (χ4n) is 3.21. The van der Waals surface area contributed by atoms with E-state index >= 15 is 0 Å². The number of hydrogen-bond donors (Lipinski definition) is 0. The Morgan fingerprint density at radius 2 is 1.24 bits per heavy atom. The Morgan fingerprint density at radius 3 is 1.60 bits per heavy atom. The molecule has 134 valence electrons. The molecular weight excluding hydrogens is 304 g/mol. The van der Waals surface area contributed by atoms with Crippen LogP contribution in [0, 0.1) is 5.41 Å². The molecule has 0 aliphatic carbocycles. The summed E-state index contributed by atoms with van der Waals surface area (Å²) in [5, 5.41) is 0. The molecule has 0 heterocycles. The van der Waals surface area contributed by atoms with Gasteiger partial charge in [-0.2, -0.15) is 0 Å². The molecule has 0 fully saturated rings. The summed E-state index contributed by atoms with van der Waals surface area (Å²) < 4.78 is 0. The third kappa shape index (κ3) is 5.29. The minimum Gasteiger partial charge on any atom is -0.295 e. The highest BCUT2D eigenvalue weighted by atomic mass is 16.1. The molecule has 0 aliphatic rings. The summed E-state index contributed by atoms with van der Waals surface area (Å²) in [4.78, 5) is 11.6. The van der Waals surface area contributed by atoms with Crippen LogP contribution in [0.2, 0.25) is 0 Å². The van der Waals surface area contributed by atoms with Gasteiger partial charge >= 0.3 is 0 Å². The fourth-order valence-corrected chi connectivity index (χ4v) is 3.21. The van der Waals surface area contributed by atoms with Crippen molar-refractivity contribution in [3.05, 3.63) is 70.8 Å². The van der Waals surface area contributed by atoms with Crippen molar-refractivity contribution in [3.8, 4) is 0 Å². The molecule has 0 N–H and O–H groups in total. The van der Waals surface area contributed by atoms with Gasteiger partial charge in [-0.05, 0) is 40.9 Å². The molecule has 0 aromatic heterocycles. The normalized spacial score (nSPS) is 13.6. The van der Waals surface area contributed by atoms with Crippen LogP contribution in [0.25, 0.3) is 0 Å². The topological polar surface area (TPSA) is 17.1 Å². The average molecular weight is 337 g/mol. The highest BCUT2D eigenvalue weighted by Gasteiger charge is 2.23. The number of rotatable bonds is 4. The zero-order valence-corrected chi connectivity index (χ0v) is 16.8. The molecule has 0 spiro atoms. The van der Waals surface area contributed by atoms with E-state index in [2.05, 4.69) is 77.9 Å². The van der Waals surface area contributed by atoms with Crippen molar-refractivity contribution >= 4 is 5.78 Å². The van der Waals surface area contributed by atoms with Gasteiger partial charge in [0.05, 0.1) is 0 Å². The van der Waals surface area contributed by atoms with E-state index < -0.39 is 0 Å². The molecule has 0 saturated carbocycles. The maximum Gasteiger partial charge on any atom is 0.159 e. The van der Waals surface area contributed by atoms with E-state index in [1.54, 1.807) is 6.92 Å². The molecule has 25 heavy (non-hydrogen) atoms. The lowest BCUT2D eigenvalue weighted by atomic mass is 9.77. The van der Waals surface area contributed by atoms with Crippen LogP contribution in [-0.2, 0) is 5.41 Å². The number of carbonyl (C=O) groups is 1. The first-order valence-electron chi connectivity index (χ1n) is 9.19. The quantitative estimate of drug-likeness (QED) is 0.564. The van der Waals surface area contributed by atoms with Gasteiger partial charge in [-0.3, -0.25) is 4.79 Å². The zero-order valence-electron chi connectivity index (χ0n) is 16.8. The monoisotopic (exact) mass is 336 g/mol. The molecular formula is C24H32O. The summed E-state index contributed by atoms with van der Waals surface area (Å²) in [6.45, 7) is 15.2. The Morgan fingerprint density at radius 1 is 0.800 bits per heavy atom. The summed E-state index contributed by atoms with van der Waals surface area (Å²) in [5.74, 6) is 0.462. The Labute approximate surface area is 153 Å². The van der Waals surface area contributed by atoms with Crippen molar-refractivity contribution in [2.45, 2.75) is 66.2 Å². The van der Waals surface area contributed by atoms with Gasteiger partial charge in [0.1, 0.15) is 0 Å². The summed E-state index contributed by atoms with van der Waals surface area (Å²) in [7, 11) is 0. The highest BCUT2D eigenvalue weighted by Crippen LogP contribution is 2.37. The van der Waals surface area contributed by atoms with Gasteiger partial charge in [0, 0.05) is 11.5 Å². The molecule has 0 amide bonds. The number of carbonyl (C=O) groups excluding carboxylic acids is 1. The van der Waals surface area contributed by atoms with Crippen molar-refractivity contribution in [1.29, 1.82) is 0 Å². The molecule has 1 nitrogen and oxygen atoms in total. The van der Waals surface area contributed by atoms with Gasteiger partial charge in [-0.15, -0.1) is 0 Å². The molecule has 0 bridgehead atoms. The second-order valence-electron chi connectivity index (χ2n) is 9.37. The molecule has 1 atom stereocenters. The lowest BCUT2D eigenvalue weighted by Crippen LogP contribution is -2.14. The predicted octanol–water partition coefficient (Wildman–Crippen LogP) is 6.75. The number of ketones is 1. The number of benzene rings is 2. The van der Waals surface area contributed by atoms with Crippen LogP contribution in [0.3, 0.4) is 0 Å². The van der Waals surface area contributed by atoms with Crippen LogP contribution in [-0.4, -0.2) is 5.78 Å². The number of Topliss-reactive ketones (excluding diaryl/α,β-unsaturated/α-hetero) is 1. The van der Waals surface area contributed by atoms with Crippen LogP contribution in [0.5, 0.6) is 0 Å². The van der Waals surface area contributed by atoms with Gasteiger partial charge in [0.15, 0.2) is 5.78 Å². The fraction of sp³-hybridized carbons (Fsp3) is 0.458. The van der Waals surface area contributed by atoms with Gasteiger partial charge in [-0.1, -0.05) is 90.1 Å². The molecule has 1 heteroatoms. The smallest absolute Gasteiger partial charge is 0.159 e. The Kier molecular flexibility index (Phi) is 5.56. The van der Waals surface area contributed by atoms with Gasteiger partial charge in [0.25, 0.3) is 0 Å². The molecule has 0 aliphatic heterocycles. The van der Waals surface area contributed by atoms with Crippen molar-refractivity contribution in [1.82, 2.24) is 0 Å². The van der Waals surface area contributed by atoms with E-state index in [-0.39, 0.29) is 16.6 Å². The van der Waals surface area contributed by atoms with E-state index in [0.29, 0.717) is 5.92 Å². The third-order valence-corrected chi connectivity index (χ3v) is 4.72. The lowest BCUT2D eigenvalue weighted by molar-refractivity contribution is 0.101. The van der Waals surface area contributed by atoms with E-state index in [9.17, 15) is 4.79 Å². The van der Waals surface area contributed by atoms with Gasteiger partial charge < -0.3 is 0 Å². The van der Waals surface area contributed by atoms with Crippen LogP contribution in [0.1, 0.15) is 87.9 Å². The van der Waals surface area contributed by atoms with Crippen LogP contribution < -0.4 is 0 Å². The molecule has 1 unspecified atom stereocenters. The Hall–Kier alpha value is -1.89. The third-order valence-electron chi connectivity index (χ3n) is 4.72. The molecule has 2 aromatic rings. The van der Waals surface area contributed by atoms with Crippen LogP contribution in [0.4, 0.5) is 0 Å². The molecule has 0 radical (unpaired) electrons. The first kappa shape index (κ1) is 19.4. The minimum absolute atomic E-state index is 0.119. The first-order chi connectivity index (χ1) is 11.5. The van der Waals surface area contributed by atoms with Crippen molar-refractivity contribution in [3.63, 3.8) is 0 Å². The van der Waals surface area contributed by atoms with Gasteiger partial charge in [0.2, 0.25) is 0 Å². The van der Waals surface area contributed by atoms with E-state index in [4.69, 9.17) is 0 Å². The standard InChI is InChI=1S/C24H32O/c1-17(25)18-8-10-19(11-9-18)22(16-23(2,3)4)20-12-14-21(15-13-20)24(5,6)7/h8-15,22H,16H2,1-7H3. The predicted molar refractivity (Wildman–Crippen MR) is 108 cm³/mol. The Bertz CT molecular complexity index is 707. The van der Waals surface area contributed by atoms with E-state index in [1.165, 1.54) is 16.7 Å². The largest absolute Gasteiger partial charge is 0.295 e. The summed E-state index contributed by atoms with van der Waals surface area (Å²) in [5.41, 5.74) is 5.16. The maximum absolute atomic E-state index is 11.6. The lowest BCUT2D eigenvalue weighted by Gasteiger charge is -2.28. The van der Waals surface area contributed by atoms with Crippen molar-refractivity contribution in [2.24, 2.45) is 5.41 Å². The summed E-state index contributed by atoms with van der Waals surface area (Å²) in [6.07, 6.45) is 1.07. The zero-order chi connectivity index (χ0) is 18.8. The molecule has 2 rings (SSSR count). The van der Waals surface area contributed by atoms with Crippen LogP contribution >= 0.6 is 0 Å². The minimum atomic E-state index is 0.119. The molecule has 2 aromatic carbocycles. The van der Waals surface area contributed by atoms with Gasteiger partial charge in [-0.25, -0.2) is 0 Å². The number of hydrogen-bond acceptors (Lipinski definition) is 1. The average Bonchev–Trinajstić information content (AvgIpc) is 2.51. The van der Waals surface area contributed by atoms with Crippen molar-refractivity contribution in [2.75, 3.05) is 0 Å². The highest BCUT2D eigenvalue weighted by molar-refractivity contribution is 5.94. The molecule has 0 saturated heterocycles. The Balaban J connectivity index is 2.40.